The van der Waals surface area contributed by atoms with Gasteiger partial charge < -0.3 is 4.74 Å². The zero-order chi connectivity index (χ0) is 9.99. The maximum Gasteiger partial charge on any atom is 0.0880 e. The van der Waals surface area contributed by atoms with Gasteiger partial charge in [-0.15, -0.1) is 0 Å². The summed E-state index contributed by atoms with van der Waals surface area (Å²) in [4.78, 5) is 0. The summed E-state index contributed by atoms with van der Waals surface area (Å²) < 4.78 is 5.94. The normalized spacial score (nSPS) is 16.2. The molecule has 0 saturated carbocycles. The molecular formula is C10H22OS. The Kier molecular flexibility index (Phi) is 3.98. The van der Waals surface area contributed by atoms with Crippen molar-refractivity contribution in [2.45, 2.75) is 51.9 Å². The predicted molar refractivity (Wildman–Crippen MR) is 60.2 cm³/mol. The van der Waals surface area contributed by atoms with Gasteiger partial charge >= 0.3 is 0 Å². The van der Waals surface area contributed by atoms with E-state index in [-0.39, 0.29) is 20.8 Å². The SMILES string of the molecule is C=S(COC(C)(C)C)C(C)(C)C. The van der Waals surface area contributed by atoms with Crippen LogP contribution in [0.4, 0.5) is 0 Å². The third kappa shape index (κ3) is 5.78. The van der Waals surface area contributed by atoms with Gasteiger partial charge in [-0.25, -0.2) is 0 Å². The van der Waals surface area contributed by atoms with Crippen LogP contribution in [0.15, 0.2) is 0 Å². The Morgan fingerprint density at radius 2 is 1.50 bits per heavy atom. The Hall–Kier alpha value is 0.180. The molecule has 74 valence electrons. The molecule has 1 nitrogen and oxygen atoms in total. The van der Waals surface area contributed by atoms with E-state index in [2.05, 4.69) is 47.4 Å². The summed E-state index contributed by atoms with van der Waals surface area (Å²) in [5.74, 6) is 4.89. The molecule has 0 aromatic carbocycles. The summed E-state index contributed by atoms with van der Waals surface area (Å²) >= 11 is 0. The summed E-state index contributed by atoms with van der Waals surface area (Å²) in [6, 6.07) is 0. The first kappa shape index (κ1) is 12.2. The molecule has 0 N–H and O–H groups in total. The molecule has 0 fully saturated rings. The van der Waals surface area contributed by atoms with Gasteiger partial charge in [0.1, 0.15) is 0 Å². The van der Waals surface area contributed by atoms with Crippen LogP contribution < -0.4 is 0 Å². The Bertz CT molecular complexity index is 160. The first-order chi connectivity index (χ1) is 5.13. The fourth-order valence-electron chi connectivity index (χ4n) is 0.425. The molecule has 0 spiro atoms. The van der Waals surface area contributed by atoms with Gasteiger partial charge in [0.2, 0.25) is 0 Å². The van der Waals surface area contributed by atoms with E-state index in [9.17, 15) is 0 Å². The first-order valence-corrected chi connectivity index (χ1v) is 5.84. The van der Waals surface area contributed by atoms with Crippen LogP contribution in [-0.2, 0) is 4.74 Å². The first-order valence-electron chi connectivity index (χ1n) is 4.27. The molecule has 0 heterocycles. The molecule has 12 heavy (non-hydrogen) atoms. The molecule has 2 heteroatoms. The van der Waals surface area contributed by atoms with Crippen molar-refractivity contribution in [3.63, 3.8) is 0 Å². The molecule has 0 aliphatic rings. The van der Waals surface area contributed by atoms with E-state index in [1.165, 1.54) is 0 Å². The highest BCUT2D eigenvalue weighted by Crippen LogP contribution is 2.30. The Balaban J connectivity index is 3.90. The molecule has 0 amide bonds. The molecular weight excluding hydrogens is 168 g/mol. The lowest BCUT2D eigenvalue weighted by molar-refractivity contribution is 0.0282. The quantitative estimate of drug-likeness (QED) is 0.607. The van der Waals surface area contributed by atoms with E-state index < -0.39 is 0 Å². The third-order valence-electron chi connectivity index (χ3n) is 1.50. The maximum absolute atomic E-state index is 5.67. The second-order valence-corrected chi connectivity index (χ2v) is 7.43. The van der Waals surface area contributed by atoms with Crippen molar-refractivity contribution in [3.05, 3.63) is 0 Å². The zero-order valence-corrected chi connectivity index (χ0v) is 10.0. The van der Waals surface area contributed by atoms with Crippen LogP contribution in [0, 0.1) is 0 Å². The minimum absolute atomic E-state index is 0.0335. The lowest BCUT2D eigenvalue weighted by Crippen LogP contribution is -2.22. The smallest absolute Gasteiger partial charge is 0.0880 e. The van der Waals surface area contributed by atoms with Crippen molar-refractivity contribution in [1.29, 1.82) is 0 Å². The fraction of sp³-hybridized carbons (Fsp3) is 0.900. The average molecular weight is 190 g/mol. The fourth-order valence-corrected chi connectivity index (χ4v) is 1.27. The van der Waals surface area contributed by atoms with Crippen LogP contribution in [-0.4, -0.2) is 22.2 Å². The van der Waals surface area contributed by atoms with Gasteiger partial charge in [-0.2, -0.15) is 10.5 Å². The predicted octanol–water partition coefficient (Wildman–Crippen LogP) is 3.26. The van der Waals surface area contributed by atoms with Crippen molar-refractivity contribution in [2.24, 2.45) is 0 Å². The Morgan fingerprint density at radius 3 is 1.75 bits per heavy atom. The summed E-state index contributed by atoms with van der Waals surface area (Å²) in [5.41, 5.74) is -0.0335. The third-order valence-corrected chi connectivity index (χ3v) is 3.63. The molecule has 0 rings (SSSR count). The van der Waals surface area contributed by atoms with Crippen LogP contribution in [0.2, 0.25) is 0 Å². The van der Waals surface area contributed by atoms with Gasteiger partial charge in [0.15, 0.2) is 0 Å². The molecule has 0 aliphatic carbocycles. The van der Waals surface area contributed by atoms with Gasteiger partial charge in [0, 0.05) is 4.75 Å². The lowest BCUT2D eigenvalue weighted by atomic mass is 10.2. The molecule has 0 aromatic rings. The highest BCUT2D eigenvalue weighted by atomic mass is 32.2. The van der Waals surface area contributed by atoms with Crippen molar-refractivity contribution >= 4 is 16.4 Å². The van der Waals surface area contributed by atoms with E-state index >= 15 is 0 Å². The second-order valence-electron chi connectivity index (χ2n) is 4.98. The maximum atomic E-state index is 5.67. The van der Waals surface area contributed by atoms with E-state index in [1.807, 2.05) is 0 Å². The molecule has 0 aromatic heterocycles. The van der Waals surface area contributed by atoms with Crippen LogP contribution >= 0.6 is 10.5 Å². The average Bonchev–Trinajstić information content (AvgIpc) is 1.78. The summed E-state index contributed by atoms with van der Waals surface area (Å²) in [5, 5.41) is 0. The Labute approximate surface area is 79.4 Å². The van der Waals surface area contributed by atoms with Gasteiger partial charge in [-0.05, 0) is 20.8 Å². The van der Waals surface area contributed by atoms with Crippen LogP contribution in [0.1, 0.15) is 41.5 Å². The lowest BCUT2D eigenvalue weighted by Gasteiger charge is -2.27. The highest BCUT2D eigenvalue weighted by molar-refractivity contribution is 8.15. The molecule has 0 radical (unpaired) electrons. The van der Waals surface area contributed by atoms with E-state index in [4.69, 9.17) is 4.74 Å². The minimum atomic E-state index is -0.0335. The van der Waals surface area contributed by atoms with Crippen LogP contribution in [0.25, 0.3) is 0 Å². The van der Waals surface area contributed by atoms with E-state index in [1.54, 1.807) is 0 Å². The minimum Gasteiger partial charge on any atom is -0.366 e. The molecule has 0 saturated heterocycles. The largest absolute Gasteiger partial charge is 0.366 e. The summed E-state index contributed by atoms with van der Waals surface area (Å²) in [7, 11) is 0.0940. The van der Waals surface area contributed by atoms with Crippen LogP contribution in [0.5, 0.6) is 0 Å². The van der Waals surface area contributed by atoms with E-state index in [0.29, 0.717) is 0 Å². The molecule has 0 aliphatic heterocycles. The molecule has 1 unspecified atom stereocenters. The monoisotopic (exact) mass is 190 g/mol. The number of rotatable bonds is 2. The molecule has 1 atom stereocenters. The number of hydrogen-bond acceptors (Lipinski definition) is 1. The van der Waals surface area contributed by atoms with Crippen LogP contribution in [0.3, 0.4) is 0 Å². The van der Waals surface area contributed by atoms with Gasteiger partial charge in [-0.1, -0.05) is 26.6 Å². The zero-order valence-electron chi connectivity index (χ0n) is 9.23. The van der Waals surface area contributed by atoms with Gasteiger partial charge in [0.05, 0.1) is 11.5 Å². The number of ether oxygens (including phenoxy) is 1. The van der Waals surface area contributed by atoms with Crippen molar-refractivity contribution in [1.82, 2.24) is 0 Å². The van der Waals surface area contributed by atoms with Crippen molar-refractivity contribution in [2.75, 3.05) is 5.94 Å². The summed E-state index contributed by atoms with van der Waals surface area (Å²) in [6.07, 6.45) is 0. The Morgan fingerprint density at radius 1 is 1.08 bits per heavy atom. The van der Waals surface area contributed by atoms with Crippen molar-refractivity contribution in [3.8, 4) is 0 Å². The van der Waals surface area contributed by atoms with Gasteiger partial charge in [0.25, 0.3) is 0 Å². The summed E-state index contributed by atoms with van der Waals surface area (Å²) in [6.45, 7) is 12.8. The number of hydrogen-bond donors (Lipinski definition) is 0. The second kappa shape index (κ2) is 3.93. The molecule has 0 bridgehead atoms. The van der Waals surface area contributed by atoms with Crippen molar-refractivity contribution < 1.29 is 4.74 Å². The van der Waals surface area contributed by atoms with Gasteiger partial charge in [-0.3, -0.25) is 0 Å². The topological polar surface area (TPSA) is 9.23 Å². The standard InChI is InChI=1S/C10H22OS/c1-9(2,3)11-8-12(7)10(4,5)6/h7-8H2,1-6H3. The van der Waals surface area contributed by atoms with E-state index in [0.717, 1.165) is 5.94 Å². The highest BCUT2D eigenvalue weighted by Gasteiger charge is 2.16.